The van der Waals surface area contributed by atoms with Crippen molar-refractivity contribution < 1.29 is 18.0 Å². The predicted octanol–water partition coefficient (Wildman–Crippen LogP) is 5.85. The van der Waals surface area contributed by atoms with Crippen molar-refractivity contribution in [2.75, 3.05) is 5.32 Å². The van der Waals surface area contributed by atoms with Crippen LogP contribution in [-0.4, -0.2) is 20.3 Å². The Bertz CT molecular complexity index is 1300. The molecule has 0 radical (unpaired) electrons. The molecule has 0 saturated heterocycles. The van der Waals surface area contributed by atoms with Crippen LogP contribution in [0.5, 0.6) is 0 Å². The van der Waals surface area contributed by atoms with Crippen molar-refractivity contribution in [3.63, 3.8) is 0 Å². The fraction of sp³-hybridized carbons (Fsp3) is 0.208. The Morgan fingerprint density at radius 1 is 1.03 bits per heavy atom. The third-order valence-corrected chi connectivity index (χ3v) is 5.65. The molecule has 1 amide bonds. The number of pyridine rings is 2. The smallest absolute Gasteiger partial charge is 0.321 e. The summed E-state index contributed by atoms with van der Waals surface area (Å²) in [4.78, 5) is 20.9. The van der Waals surface area contributed by atoms with Gasteiger partial charge in [-0.1, -0.05) is 18.2 Å². The molecule has 5 nitrogen and oxygen atoms in total. The van der Waals surface area contributed by atoms with Gasteiger partial charge < -0.3 is 9.72 Å². The SMILES string of the molecule is Cc1c(C2CC2)nc2ccc(NC(=O)c3ccc(-c4ccc(C(F)(F)F)nc4)cc3)cn12. The molecule has 1 aliphatic carbocycles. The van der Waals surface area contributed by atoms with Crippen molar-refractivity contribution in [1.82, 2.24) is 14.4 Å². The molecule has 0 bridgehead atoms. The standard InChI is InChI=1S/C24H19F3N4O/c1-14-22(16-4-5-16)30-21-11-9-19(13-31(14)21)29-23(32)17-6-2-15(3-7-17)18-8-10-20(28-12-18)24(25,26)27/h2-3,6-13,16H,4-5H2,1H3,(H,29,32). The number of rotatable bonds is 4. The van der Waals surface area contributed by atoms with E-state index in [9.17, 15) is 18.0 Å². The maximum Gasteiger partial charge on any atom is 0.433 e. The van der Waals surface area contributed by atoms with Crippen molar-refractivity contribution in [3.8, 4) is 11.1 Å². The van der Waals surface area contributed by atoms with Gasteiger partial charge in [0.2, 0.25) is 0 Å². The summed E-state index contributed by atoms with van der Waals surface area (Å²) >= 11 is 0. The molecular weight excluding hydrogens is 417 g/mol. The maximum absolute atomic E-state index is 12.7. The van der Waals surface area contributed by atoms with Crippen molar-refractivity contribution in [2.45, 2.75) is 31.9 Å². The molecule has 5 rings (SSSR count). The van der Waals surface area contributed by atoms with E-state index in [0.717, 1.165) is 23.1 Å². The van der Waals surface area contributed by atoms with Gasteiger partial charge in [-0.15, -0.1) is 0 Å². The minimum Gasteiger partial charge on any atom is -0.321 e. The van der Waals surface area contributed by atoms with E-state index in [4.69, 9.17) is 4.98 Å². The summed E-state index contributed by atoms with van der Waals surface area (Å²) in [6.07, 6.45) is 0.915. The van der Waals surface area contributed by atoms with Crippen molar-refractivity contribution in [1.29, 1.82) is 0 Å². The van der Waals surface area contributed by atoms with Crippen LogP contribution in [0.2, 0.25) is 0 Å². The van der Waals surface area contributed by atoms with Crippen molar-refractivity contribution in [2.24, 2.45) is 0 Å². The Morgan fingerprint density at radius 2 is 1.75 bits per heavy atom. The van der Waals surface area contributed by atoms with Crippen LogP contribution in [0.4, 0.5) is 18.9 Å². The second-order valence-corrected chi connectivity index (χ2v) is 7.96. The zero-order valence-corrected chi connectivity index (χ0v) is 17.1. The van der Waals surface area contributed by atoms with E-state index in [0.29, 0.717) is 28.3 Å². The van der Waals surface area contributed by atoms with Crippen LogP contribution >= 0.6 is 0 Å². The second-order valence-electron chi connectivity index (χ2n) is 7.96. The monoisotopic (exact) mass is 436 g/mol. The lowest BCUT2D eigenvalue weighted by atomic mass is 10.0. The topological polar surface area (TPSA) is 59.3 Å². The number of benzene rings is 1. The molecule has 0 spiro atoms. The Labute approximate surface area is 181 Å². The zero-order valence-electron chi connectivity index (χ0n) is 17.1. The fourth-order valence-electron chi connectivity index (χ4n) is 3.75. The number of aromatic nitrogens is 3. The molecule has 1 saturated carbocycles. The van der Waals surface area contributed by atoms with Gasteiger partial charge in [-0.3, -0.25) is 9.78 Å². The lowest BCUT2D eigenvalue weighted by Crippen LogP contribution is -2.12. The number of anilines is 1. The van der Waals surface area contributed by atoms with Gasteiger partial charge in [-0.05, 0) is 55.7 Å². The normalized spacial score (nSPS) is 14.0. The third kappa shape index (κ3) is 3.84. The number of nitrogens with one attached hydrogen (secondary N) is 1. The molecule has 3 heterocycles. The van der Waals surface area contributed by atoms with Crippen molar-refractivity contribution in [3.05, 3.63) is 83.6 Å². The summed E-state index contributed by atoms with van der Waals surface area (Å²) in [5, 5.41) is 2.89. The summed E-state index contributed by atoms with van der Waals surface area (Å²) < 4.78 is 40.0. The fourth-order valence-corrected chi connectivity index (χ4v) is 3.75. The van der Waals surface area contributed by atoms with Gasteiger partial charge in [-0.2, -0.15) is 13.2 Å². The van der Waals surface area contributed by atoms with Gasteiger partial charge in [0.05, 0.1) is 11.4 Å². The van der Waals surface area contributed by atoms with Gasteiger partial charge >= 0.3 is 6.18 Å². The highest BCUT2D eigenvalue weighted by Gasteiger charge is 2.32. The molecule has 3 aromatic heterocycles. The highest BCUT2D eigenvalue weighted by atomic mass is 19.4. The molecule has 1 aromatic carbocycles. The molecule has 0 atom stereocenters. The van der Waals surface area contributed by atoms with Gasteiger partial charge in [0.1, 0.15) is 11.3 Å². The predicted molar refractivity (Wildman–Crippen MR) is 115 cm³/mol. The minimum atomic E-state index is -4.47. The van der Waals surface area contributed by atoms with Crippen LogP contribution in [0.1, 0.15) is 46.2 Å². The van der Waals surface area contributed by atoms with E-state index in [1.165, 1.54) is 25.1 Å². The second kappa shape index (κ2) is 7.47. The summed E-state index contributed by atoms with van der Waals surface area (Å²) in [7, 11) is 0. The van der Waals surface area contributed by atoms with Gasteiger partial charge in [0, 0.05) is 35.1 Å². The summed E-state index contributed by atoms with van der Waals surface area (Å²) in [6, 6.07) is 12.6. The molecule has 8 heteroatoms. The highest BCUT2D eigenvalue weighted by molar-refractivity contribution is 6.04. The molecular formula is C24H19F3N4O. The van der Waals surface area contributed by atoms with Gasteiger partial charge in [0.25, 0.3) is 5.91 Å². The zero-order chi connectivity index (χ0) is 22.5. The Kier molecular flexibility index (Phi) is 4.73. The first kappa shape index (κ1) is 20.2. The first-order valence-electron chi connectivity index (χ1n) is 10.2. The van der Waals surface area contributed by atoms with Crippen LogP contribution < -0.4 is 5.32 Å². The van der Waals surface area contributed by atoms with Gasteiger partial charge in [0.15, 0.2) is 0 Å². The largest absolute Gasteiger partial charge is 0.433 e. The summed E-state index contributed by atoms with van der Waals surface area (Å²) in [5.41, 5.74) is 4.44. The maximum atomic E-state index is 12.7. The molecule has 162 valence electrons. The first-order chi connectivity index (χ1) is 15.3. The van der Waals surface area contributed by atoms with E-state index in [-0.39, 0.29) is 5.91 Å². The molecule has 1 fully saturated rings. The number of hydrogen-bond donors (Lipinski definition) is 1. The quantitative estimate of drug-likeness (QED) is 0.436. The average molecular weight is 436 g/mol. The third-order valence-electron chi connectivity index (χ3n) is 5.65. The number of aryl methyl sites for hydroxylation is 1. The van der Waals surface area contributed by atoms with E-state index in [1.807, 2.05) is 29.7 Å². The number of hydrogen-bond acceptors (Lipinski definition) is 3. The highest BCUT2D eigenvalue weighted by Crippen LogP contribution is 2.41. The Hall–Kier alpha value is -3.68. The summed E-state index contributed by atoms with van der Waals surface area (Å²) in [5.74, 6) is 0.271. The van der Waals surface area contributed by atoms with E-state index in [1.54, 1.807) is 24.3 Å². The van der Waals surface area contributed by atoms with E-state index in [2.05, 4.69) is 10.3 Å². The summed E-state index contributed by atoms with van der Waals surface area (Å²) in [6.45, 7) is 2.04. The molecule has 0 aliphatic heterocycles. The van der Waals surface area contributed by atoms with E-state index < -0.39 is 11.9 Å². The number of fused-ring (bicyclic) bond motifs is 1. The number of amides is 1. The lowest BCUT2D eigenvalue weighted by Gasteiger charge is -2.09. The Balaban J connectivity index is 1.32. The molecule has 1 N–H and O–H groups in total. The number of nitrogens with zero attached hydrogens (tertiary/aromatic N) is 3. The molecule has 4 aromatic rings. The number of imidazole rings is 1. The van der Waals surface area contributed by atoms with Gasteiger partial charge in [-0.25, -0.2) is 4.98 Å². The van der Waals surface area contributed by atoms with Crippen LogP contribution in [0, 0.1) is 6.92 Å². The average Bonchev–Trinajstić information content (AvgIpc) is 3.57. The lowest BCUT2D eigenvalue weighted by molar-refractivity contribution is -0.141. The first-order valence-corrected chi connectivity index (χ1v) is 10.2. The minimum absolute atomic E-state index is 0.276. The number of carbonyl (C=O) groups is 1. The van der Waals surface area contributed by atoms with Crippen LogP contribution in [0.3, 0.4) is 0 Å². The van der Waals surface area contributed by atoms with Crippen LogP contribution in [0.25, 0.3) is 16.8 Å². The molecule has 0 unspecified atom stereocenters. The van der Waals surface area contributed by atoms with E-state index >= 15 is 0 Å². The molecule has 32 heavy (non-hydrogen) atoms. The number of halogens is 3. The van der Waals surface area contributed by atoms with Crippen LogP contribution in [-0.2, 0) is 6.18 Å². The number of alkyl halides is 3. The van der Waals surface area contributed by atoms with Crippen molar-refractivity contribution >= 4 is 17.2 Å². The Morgan fingerprint density at radius 3 is 2.38 bits per heavy atom. The molecule has 1 aliphatic rings. The van der Waals surface area contributed by atoms with Crippen LogP contribution in [0.15, 0.2) is 60.9 Å². The number of carbonyl (C=O) groups excluding carboxylic acids is 1.